The maximum Gasteiger partial charge on any atom is 0.149 e. The van der Waals surface area contributed by atoms with Crippen molar-refractivity contribution in [1.82, 2.24) is 0 Å². The first-order valence-electron chi connectivity index (χ1n) is 6.02. The van der Waals surface area contributed by atoms with Gasteiger partial charge in [0.2, 0.25) is 0 Å². The van der Waals surface area contributed by atoms with E-state index in [4.69, 9.17) is 4.42 Å². The van der Waals surface area contributed by atoms with Gasteiger partial charge in [0, 0.05) is 12.0 Å². The van der Waals surface area contributed by atoms with E-state index in [0.29, 0.717) is 0 Å². The third-order valence-electron chi connectivity index (χ3n) is 3.33. The van der Waals surface area contributed by atoms with Crippen LogP contribution in [0.3, 0.4) is 0 Å². The molecule has 2 nitrogen and oxygen atoms in total. The van der Waals surface area contributed by atoms with Gasteiger partial charge < -0.3 is 9.73 Å². The minimum Gasteiger partial charge on any atom is -0.469 e. The van der Waals surface area contributed by atoms with E-state index in [2.05, 4.69) is 5.32 Å². The lowest BCUT2D eigenvalue weighted by Crippen LogP contribution is -2.17. The van der Waals surface area contributed by atoms with E-state index >= 15 is 0 Å². The molecule has 1 heterocycles. The maximum absolute atomic E-state index is 13.6. The van der Waals surface area contributed by atoms with E-state index in [1.807, 2.05) is 6.07 Å². The second-order valence-corrected chi connectivity index (χ2v) is 4.48. The molecule has 1 N–H and O–H groups in total. The summed E-state index contributed by atoms with van der Waals surface area (Å²) >= 11 is 0. The first-order chi connectivity index (χ1) is 8.75. The maximum atomic E-state index is 13.6. The second kappa shape index (κ2) is 4.44. The third kappa shape index (κ3) is 1.88. The van der Waals surface area contributed by atoms with Gasteiger partial charge in [-0.1, -0.05) is 6.07 Å². The number of halogens is 2. The van der Waals surface area contributed by atoms with Crippen LogP contribution in [0.5, 0.6) is 0 Å². The number of fused-ring (bicyclic) bond motifs is 1. The Balaban J connectivity index is 1.91. The van der Waals surface area contributed by atoms with Gasteiger partial charge >= 0.3 is 0 Å². The van der Waals surface area contributed by atoms with E-state index in [-0.39, 0.29) is 11.7 Å². The van der Waals surface area contributed by atoms with E-state index in [0.717, 1.165) is 30.6 Å². The molecule has 3 rings (SSSR count). The van der Waals surface area contributed by atoms with E-state index in [1.54, 1.807) is 6.26 Å². The summed E-state index contributed by atoms with van der Waals surface area (Å²) < 4.78 is 32.5. The number of rotatable bonds is 2. The molecule has 0 saturated carbocycles. The highest BCUT2D eigenvalue weighted by molar-refractivity contribution is 5.48. The average Bonchev–Trinajstić information content (AvgIpc) is 2.83. The van der Waals surface area contributed by atoms with Crippen LogP contribution in [0, 0.1) is 11.6 Å². The number of anilines is 1. The lowest BCUT2D eigenvalue weighted by atomic mass is 9.93. The molecule has 1 atom stereocenters. The van der Waals surface area contributed by atoms with Gasteiger partial charge in [0.25, 0.3) is 0 Å². The Bertz CT molecular complexity index is 544. The summed E-state index contributed by atoms with van der Waals surface area (Å²) in [5, 5.41) is 2.95. The average molecular weight is 249 g/mol. The molecule has 0 radical (unpaired) electrons. The van der Waals surface area contributed by atoms with Gasteiger partial charge in [0.15, 0.2) is 0 Å². The van der Waals surface area contributed by atoms with Gasteiger partial charge in [0.05, 0.1) is 12.3 Å². The number of hydrogen-bond donors (Lipinski definition) is 1. The first kappa shape index (κ1) is 11.3. The van der Waals surface area contributed by atoms with Crippen molar-refractivity contribution in [3.05, 3.63) is 53.5 Å². The molecule has 94 valence electrons. The Hall–Kier alpha value is -1.84. The number of para-hydroxylation sites is 1. The highest BCUT2D eigenvalue weighted by Crippen LogP contribution is 2.34. The molecule has 1 unspecified atom stereocenters. The van der Waals surface area contributed by atoms with Gasteiger partial charge in [-0.15, -0.1) is 0 Å². The monoisotopic (exact) mass is 249 g/mol. The zero-order valence-corrected chi connectivity index (χ0v) is 9.75. The molecule has 0 fully saturated rings. The summed E-state index contributed by atoms with van der Waals surface area (Å²) in [6.45, 7) is 0. The Morgan fingerprint density at radius 2 is 1.94 bits per heavy atom. The zero-order valence-electron chi connectivity index (χ0n) is 9.75. The summed E-state index contributed by atoms with van der Waals surface area (Å²) in [5.41, 5.74) is 0.945. The van der Waals surface area contributed by atoms with Crippen LogP contribution < -0.4 is 5.32 Å². The fraction of sp³-hybridized carbons (Fsp3) is 0.286. The Morgan fingerprint density at radius 3 is 2.72 bits per heavy atom. The molecule has 4 heteroatoms. The number of furan rings is 1. The molecule has 1 aliphatic carbocycles. The SMILES string of the molecule is Fc1cccc(F)c1NC1CCCc2occc21. The molecular formula is C14H13F2NO. The van der Waals surface area contributed by atoms with Crippen molar-refractivity contribution in [1.29, 1.82) is 0 Å². The molecule has 0 bridgehead atoms. The standard InChI is InChI=1S/C14H13F2NO/c15-10-3-1-4-11(16)14(10)17-12-5-2-6-13-9(12)7-8-18-13/h1,3-4,7-8,12,17H,2,5-6H2. The van der Waals surface area contributed by atoms with Crippen molar-refractivity contribution in [2.75, 3.05) is 5.32 Å². The molecule has 1 aliphatic rings. The molecule has 0 spiro atoms. The third-order valence-corrected chi connectivity index (χ3v) is 3.33. The second-order valence-electron chi connectivity index (χ2n) is 4.48. The van der Waals surface area contributed by atoms with E-state index < -0.39 is 11.6 Å². The number of hydrogen-bond acceptors (Lipinski definition) is 2. The van der Waals surface area contributed by atoms with Crippen LogP contribution in [0.2, 0.25) is 0 Å². The van der Waals surface area contributed by atoms with E-state index in [1.165, 1.54) is 18.2 Å². The van der Waals surface area contributed by atoms with Crippen LogP contribution in [-0.2, 0) is 6.42 Å². The minimum absolute atomic E-state index is 0.0588. The summed E-state index contributed by atoms with van der Waals surface area (Å²) in [6.07, 6.45) is 4.32. The molecule has 0 aliphatic heterocycles. The van der Waals surface area contributed by atoms with E-state index in [9.17, 15) is 8.78 Å². The summed E-state index contributed by atoms with van der Waals surface area (Å²) in [6, 6.07) is 5.65. The summed E-state index contributed by atoms with van der Waals surface area (Å²) in [7, 11) is 0. The minimum atomic E-state index is -0.564. The van der Waals surface area contributed by atoms with Gasteiger partial charge in [-0.25, -0.2) is 8.78 Å². The number of aryl methyl sites for hydroxylation is 1. The largest absolute Gasteiger partial charge is 0.469 e. The molecular weight excluding hydrogens is 236 g/mol. The van der Waals surface area contributed by atoms with Gasteiger partial charge in [-0.05, 0) is 31.0 Å². The fourth-order valence-electron chi connectivity index (χ4n) is 2.45. The quantitative estimate of drug-likeness (QED) is 0.868. The van der Waals surface area contributed by atoms with Crippen LogP contribution in [0.1, 0.15) is 30.2 Å². The molecule has 2 aromatic rings. The van der Waals surface area contributed by atoms with Crippen LogP contribution in [0.25, 0.3) is 0 Å². The Kier molecular flexibility index (Phi) is 2.78. The molecule has 18 heavy (non-hydrogen) atoms. The lowest BCUT2D eigenvalue weighted by molar-refractivity contribution is 0.459. The first-order valence-corrected chi connectivity index (χ1v) is 6.02. The zero-order chi connectivity index (χ0) is 12.5. The predicted octanol–water partition coefficient (Wildman–Crippen LogP) is 4.05. The summed E-state index contributed by atoms with van der Waals surface area (Å²) in [4.78, 5) is 0. The highest BCUT2D eigenvalue weighted by atomic mass is 19.1. The molecule has 0 amide bonds. The Labute approximate surface area is 104 Å². The number of nitrogens with one attached hydrogen (secondary N) is 1. The van der Waals surface area contributed by atoms with Gasteiger partial charge in [-0.2, -0.15) is 0 Å². The van der Waals surface area contributed by atoms with Crippen molar-refractivity contribution in [2.24, 2.45) is 0 Å². The predicted molar refractivity (Wildman–Crippen MR) is 64.4 cm³/mol. The van der Waals surface area contributed by atoms with Crippen LogP contribution in [-0.4, -0.2) is 0 Å². The van der Waals surface area contributed by atoms with Crippen LogP contribution >= 0.6 is 0 Å². The molecule has 1 aromatic carbocycles. The normalized spacial score (nSPS) is 18.4. The van der Waals surface area contributed by atoms with Gasteiger partial charge in [0.1, 0.15) is 23.1 Å². The van der Waals surface area contributed by atoms with Crippen LogP contribution in [0.15, 0.2) is 34.9 Å². The highest BCUT2D eigenvalue weighted by Gasteiger charge is 2.24. The van der Waals surface area contributed by atoms with Gasteiger partial charge in [-0.3, -0.25) is 0 Å². The summed E-state index contributed by atoms with van der Waals surface area (Å²) in [5.74, 6) is -0.216. The smallest absolute Gasteiger partial charge is 0.149 e. The van der Waals surface area contributed by atoms with Crippen LogP contribution in [0.4, 0.5) is 14.5 Å². The topological polar surface area (TPSA) is 25.2 Å². The van der Waals surface area contributed by atoms with Crippen molar-refractivity contribution >= 4 is 5.69 Å². The molecule has 1 aromatic heterocycles. The lowest BCUT2D eigenvalue weighted by Gasteiger charge is -2.24. The fourth-order valence-corrected chi connectivity index (χ4v) is 2.45. The number of benzene rings is 1. The van der Waals surface area contributed by atoms with Crippen molar-refractivity contribution in [2.45, 2.75) is 25.3 Å². The van der Waals surface area contributed by atoms with Crippen molar-refractivity contribution in [3.8, 4) is 0 Å². The van der Waals surface area contributed by atoms with Crippen molar-refractivity contribution in [3.63, 3.8) is 0 Å². The van der Waals surface area contributed by atoms with Crippen molar-refractivity contribution < 1.29 is 13.2 Å². The Morgan fingerprint density at radius 1 is 1.17 bits per heavy atom. The molecule has 0 saturated heterocycles.